The van der Waals surface area contributed by atoms with Crippen LogP contribution in [0.15, 0.2) is 42.7 Å². The monoisotopic (exact) mass is 460 g/mol. The minimum absolute atomic E-state index is 0.188. The topological polar surface area (TPSA) is 78.5 Å². The van der Waals surface area contributed by atoms with Crippen LogP contribution < -0.4 is 10.1 Å². The summed E-state index contributed by atoms with van der Waals surface area (Å²) in [5, 5.41) is 12.6. The van der Waals surface area contributed by atoms with Gasteiger partial charge in [0, 0.05) is 48.0 Å². The van der Waals surface area contributed by atoms with E-state index in [1.165, 1.54) is 12.1 Å². The van der Waals surface area contributed by atoms with Crippen LogP contribution in [-0.4, -0.2) is 40.0 Å². The predicted molar refractivity (Wildman–Crippen MR) is 123 cm³/mol. The molecule has 9 heteroatoms. The van der Waals surface area contributed by atoms with E-state index in [1.807, 2.05) is 31.1 Å². The van der Waals surface area contributed by atoms with Crippen LogP contribution in [0.5, 0.6) is 5.75 Å². The molecule has 34 heavy (non-hydrogen) atoms. The van der Waals surface area contributed by atoms with Crippen LogP contribution in [0.1, 0.15) is 22.4 Å². The second-order valence-electron chi connectivity index (χ2n) is 8.43. The van der Waals surface area contributed by atoms with Crippen molar-refractivity contribution in [1.82, 2.24) is 19.3 Å². The number of imidazole rings is 1. The highest BCUT2D eigenvalue weighted by atomic mass is 19.1. The first-order chi connectivity index (χ1) is 16.4. The smallest absolute Gasteiger partial charge is 0.208 e. The van der Waals surface area contributed by atoms with E-state index < -0.39 is 0 Å². The van der Waals surface area contributed by atoms with E-state index in [-0.39, 0.29) is 23.9 Å². The molecule has 0 saturated carbocycles. The highest BCUT2D eigenvalue weighted by molar-refractivity contribution is 5.78. The summed E-state index contributed by atoms with van der Waals surface area (Å²) in [6, 6.07) is 10.1. The van der Waals surface area contributed by atoms with Crippen molar-refractivity contribution < 1.29 is 13.5 Å². The van der Waals surface area contributed by atoms with Gasteiger partial charge in [-0.05, 0) is 37.9 Å². The van der Waals surface area contributed by atoms with Crippen LogP contribution in [0.4, 0.5) is 14.7 Å². The molecule has 0 spiro atoms. The number of nitrogens with one attached hydrogen (secondary N) is 1. The maximum Gasteiger partial charge on any atom is 0.208 e. The Balaban J connectivity index is 1.51. The van der Waals surface area contributed by atoms with Crippen molar-refractivity contribution in [2.45, 2.75) is 19.5 Å². The Morgan fingerprint density at radius 3 is 2.82 bits per heavy atom. The lowest BCUT2D eigenvalue weighted by atomic mass is 10.0. The van der Waals surface area contributed by atoms with Gasteiger partial charge < -0.3 is 15.0 Å². The molecular weight excluding hydrogens is 438 g/mol. The molecule has 0 amide bonds. The Morgan fingerprint density at radius 2 is 2.06 bits per heavy atom. The molecule has 0 fully saturated rings. The van der Waals surface area contributed by atoms with Gasteiger partial charge in [0.25, 0.3) is 0 Å². The summed E-state index contributed by atoms with van der Waals surface area (Å²) in [5.41, 5.74) is 3.78. The number of halogens is 2. The molecule has 1 aliphatic rings. The van der Waals surface area contributed by atoms with Gasteiger partial charge >= 0.3 is 0 Å². The Bertz CT molecular complexity index is 1440. The number of rotatable bonds is 6. The van der Waals surface area contributed by atoms with Gasteiger partial charge in [0.15, 0.2) is 11.3 Å². The number of aromatic nitrogens is 3. The van der Waals surface area contributed by atoms with Gasteiger partial charge in [-0.1, -0.05) is 12.1 Å². The van der Waals surface area contributed by atoms with Crippen molar-refractivity contribution in [3.8, 4) is 22.9 Å². The van der Waals surface area contributed by atoms with Gasteiger partial charge in [-0.15, -0.1) is 0 Å². The third-order valence-electron chi connectivity index (χ3n) is 5.82. The fourth-order valence-electron chi connectivity index (χ4n) is 4.22. The average molecular weight is 460 g/mol. The van der Waals surface area contributed by atoms with E-state index in [9.17, 15) is 14.0 Å². The minimum atomic E-state index is -0.325. The van der Waals surface area contributed by atoms with Gasteiger partial charge in [0.2, 0.25) is 5.95 Å². The standard InChI is InChI=1S/C25H22F2N6O/c1-32(2)13-16-4-3-15(9-22(16)27)19-11-29-25(33-14-17(10-28)31-24(19)33)30-12-20-18-7-8-34-23(18)6-5-21(20)26/h3-6,9,11,14H,7-8,12-13H2,1-2H3,(H,29,30). The molecule has 7 nitrogen and oxygen atoms in total. The highest BCUT2D eigenvalue weighted by Gasteiger charge is 2.20. The molecule has 1 aliphatic heterocycles. The van der Waals surface area contributed by atoms with Gasteiger partial charge in [-0.2, -0.15) is 5.26 Å². The molecule has 2 aromatic carbocycles. The zero-order valence-corrected chi connectivity index (χ0v) is 18.8. The average Bonchev–Trinajstić information content (AvgIpc) is 3.46. The van der Waals surface area contributed by atoms with E-state index in [4.69, 9.17) is 4.74 Å². The molecule has 4 aromatic rings. The zero-order valence-electron chi connectivity index (χ0n) is 18.8. The van der Waals surface area contributed by atoms with Crippen LogP contribution in [0.3, 0.4) is 0 Å². The first kappa shape index (κ1) is 21.8. The molecule has 5 rings (SSSR count). The summed E-state index contributed by atoms with van der Waals surface area (Å²) in [5.74, 6) is 0.449. The fraction of sp³-hybridized carbons (Fsp3) is 0.240. The number of nitriles is 1. The summed E-state index contributed by atoms with van der Waals surface area (Å²) in [6.07, 6.45) is 3.78. The van der Waals surface area contributed by atoms with Gasteiger partial charge in [0.05, 0.1) is 12.8 Å². The minimum Gasteiger partial charge on any atom is -0.493 e. The van der Waals surface area contributed by atoms with Crippen LogP contribution >= 0.6 is 0 Å². The maximum absolute atomic E-state index is 14.7. The number of nitrogens with zero attached hydrogens (tertiary/aromatic N) is 5. The maximum atomic E-state index is 14.7. The quantitative estimate of drug-likeness (QED) is 0.466. The largest absolute Gasteiger partial charge is 0.493 e. The molecule has 0 radical (unpaired) electrons. The van der Waals surface area contributed by atoms with Crippen molar-refractivity contribution in [2.75, 3.05) is 26.0 Å². The number of ether oxygens (including phenoxy) is 1. The van der Waals surface area contributed by atoms with Gasteiger partial charge in [-0.25, -0.2) is 18.7 Å². The molecule has 0 aliphatic carbocycles. The van der Waals surface area contributed by atoms with Crippen LogP contribution in [0.2, 0.25) is 0 Å². The third-order valence-corrected chi connectivity index (χ3v) is 5.82. The molecule has 1 N–H and O–H groups in total. The number of hydrogen-bond donors (Lipinski definition) is 1. The summed E-state index contributed by atoms with van der Waals surface area (Å²) in [7, 11) is 3.76. The third kappa shape index (κ3) is 3.93. The van der Waals surface area contributed by atoms with Gasteiger partial charge in [0.1, 0.15) is 23.5 Å². The molecule has 0 saturated heterocycles. The van der Waals surface area contributed by atoms with E-state index in [1.54, 1.807) is 28.9 Å². The lowest BCUT2D eigenvalue weighted by Crippen LogP contribution is -2.12. The molecule has 0 unspecified atom stereocenters. The van der Waals surface area contributed by atoms with Crippen molar-refractivity contribution in [3.05, 3.63) is 76.7 Å². The molecule has 0 atom stereocenters. The van der Waals surface area contributed by atoms with Crippen molar-refractivity contribution in [1.29, 1.82) is 5.26 Å². The number of hydrogen-bond acceptors (Lipinski definition) is 6. The molecule has 0 bridgehead atoms. The Morgan fingerprint density at radius 1 is 1.21 bits per heavy atom. The van der Waals surface area contributed by atoms with E-state index in [0.717, 1.165) is 5.56 Å². The number of benzene rings is 2. The molecule has 2 aromatic heterocycles. The number of anilines is 1. The molecule has 172 valence electrons. The Kier molecular flexibility index (Phi) is 5.59. The number of fused-ring (bicyclic) bond motifs is 2. The first-order valence-electron chi connectivity index (χ1n) is 10.8. The highest BCUT2D eigenvalue weighted by Crippen LogP contribution is 2.31. The predicted octanol–water partition coefficient (Wildman–Crippen LogP) is 4.15. The first-order valence-corrected chi connectivity index (χ1v) is 10.8. The van der Waals surface area contributed by atoms with Crippen LogP contribution in [-0.2, 0) is 19.5 Å². The van der Waals surface area contributed by atoms with Crippen molar-refractivity contribution in [3.63, 3.8) is 0 Å². The summed E-state index contributed by atoms with van der Waals surface area (Å²) in [4.78, 5) is 10.8. The zero-order chi connectivity index (χ0) is 23.8. The Labute approximate surface area is 195 Å². The van der Waals surface area contributed by atoms with Gasteiger partial charge in [-0.3, -0.25) is 4.40 Å². The van der Waals surface area contributed by atoms with E-state index >= 15 is 0 Å². The second kappa shape index (κ2) is 8.72. The Hall–Kier alpha value is -4.03. The fourth-order valence-corrected chi connectivity index (χ4v) is 4.22. The SMILES string of the molecule is CN(C)Cc1ccc(-c2cnc(NCc3c(F)ccc4c3CCO4)n3cc(C#N)nc23)cc1F. The van der Waals surface area contributed by atoms with Crippen molar-refractivity contribution >= 4 is 11.6 Å². The normalized spacial score (nSPS) is 12.6. The van der Waals surface area contributed by atoms with Crippen LogP contribution in [0.25, 0.3) is 16.8 Å². The second-order valence-corrected chi connectivity index (χ2v) is 8.43. The van der Waals surface area contributed by atoms with E-state index in [2.05, 4.69) is 15.3 Å². The van der Waals surface area contributed by atoms with E-state index in [0.29, 0.717) is 59.2 Å². The molecule has 3 heterocycles. The lowest BCUT2D eigenvalue weighted by molar-refractivity contribution is 0.356. The molecular formula is C25H22F2N6O. The summed E-state index contributed by atoms with van der Waals surface area (Å²) >= 11 is 0. The summed E-state index contributed by atoms with van der Waals surface area (Å²) in [6.45, 7) is 1.20. The van der Waals surface area contributed by atoms with Crippen LogP contribution in [0, 0.1) is 23.0 Å². The lowest BCUT2D eigenvalue weighted by Gasteiger charge is -2.14. The summed E-state index contributed by atoms with van der Waals surface area (Å²) < 4.78 is 36.4. The van der Waals surface area contributed by atoms with Crippen molar-refractivity contribution in [2.24, 2.45) is 0 Å².